The number of hydrogen-bond donors (Lipinski definition) is 4. The first kappa shape index (κ1) is 9.84. The van der Waals surface area contributed by atoms with Crippen LogP contribution in [0.2, 0.25) is 0 Å². The van der Waals surface area contributed by atoms with E-state index in [1.54, 1.807) is 0 Å². The largest absolute Gasteiger partial charge is 0.330 e. The molecule has 0 spiro atoms. The first-order chi connectivity index (χ1) is 4.68. The van der Waals surface area contributed by atoms with Crippen LogP contribution in [0.25, 0.3) is 0 Å². The Hall–Kier alpha value is -0.160. The van der Waals surface area contributed by atoms with E-state index in [-0.39, 0.29) is 6.04 Å². The van der Waals surface area contributed by atoms with Gasteiger partial charge in [0.2, 0.25) is 0 Å². The van der Waals surface area contributed by atoms with Gasteiger partial charge in [0.15, 0.2) is 0 Å². The molecule has 0 aromatic heterocycles. The Morgan fingerprint density at radius 1 is 1.00 bits per heavy atom. The molecule has 4 heteroatoms. The molecule has 0 aliphatic carbocycles. The van der Waals surface area contributed by atoms with Crippen molar-refractivity contribution < 1.29 is 0 Å². The molecule has 0 fully saturated rings. The molecule has 0 rings (SSSR count). The van der Waals surface area contributed by atoms with Crippen molar-refractivity contribution in [1.29, 1.82) is 0 Å². The molecule has 0 amide bonds. The zero-order valence-corrected chi connectivity index (χ0v) is 6.29. The predicted octanol–water partition coefficient (Wildman–Crippen LogP) is -1.31. The summed E-state index contributed by atoms with van der Waals surface area (Å²) in [5.74, 6) is 0. The lowest BCUT2D eigenvalue weighted by Gasteiger charge is -2.14. The molecule has 0 aliphatic rings. The van der Waals surface area contributed by atoms with E-state index in [1.165, 1.54) is 0 Å². The summed E-state index contributed by atoms with van der Waals surface area (Å²) in [5, 5.41) is 0. The van der Waals surface area contributed by atoms with Gasteiger partial charge in [-0.25, -0.2) is 0 Å². The molecule has 0 saturated carbocycles. The van der Waals surface area contributed by atoms with Crippen LogP contribution in [0.1, 0.15) is 19.3 Å². The Bertz CT molecular complexity index is 74.1. The van der Waals surface area contributed by atoms with E-state index in [1.807, 2.05) is 0 Å². The molecular formula is C6H18N4. The van der Waals surface area contributed by atoms with Gasteiger partial charge in [0.05, 0.1) is 6.17 Å². The Kier molecular flexibility index (Phi) is 5.52. The predicted molar refractivity (Wildman–Crippen MR) is 43.0 cm³/mol. The molecular weight excluding hydrogens is 128 g/mol. The topological polar surface area (TPSA) is 104 Å². The van der Waals surface area contributed by atoms with Gasteiger partial charge in [-0.3, -0.25) is 0 Å². The highest BCUT2D eigenvalue weighted by atomic mass is 14.9. The van der Waals surface area contributed by atoms with E-state index < -0.39 is 6.17 Å². The summed E-state index contributed by atoms with van der Waals surface area (Å²) in [5.41, 5.74) is 21.5. The third kappa shape index (κ3) is 4.69. The Morgan fingerprint density at radius 2 is 1.60 bits per heavy atom. The maximum absolute atomic E-state index is 5.57. The van der Waals surface area contributed by atoms with Crippen molar-refractivity contribution in [1.82, 2.24) is 0 Å². The quantitative estimate of drug-likeness (QED) is 0.285. The minimum atomic E-state index is -0.391. The highest BCUT2D eigenvalue weighted by Gasteiger charge is 2.06. The van der Waals surface area contributed by atoms with Gasteiger partial charge in [-0.05, 0) is 19.4 Å². The smallest absolute Gasteiger partial charge is 0.0677 e. The van der Waals surface area contributed by atoms with Crippen molar-refractivity contribution in [2.75, 3.05) is 6.54 Å². The van der Waals surface area contributed by atoms with Crippen molar-refractivity contribution in [2.45, 2.75) is 31.5 Å². The van der Waals surface area contributed by atoms with E-state index in [0.29, 0.717) is 6.54 Å². The second kappa shape index (κ2) is 5.61. The fraction of sp³-hybridized carbons (Fsp3) is 1.00. The van der Waals surface area contributed by atoms with Crippen LogP contribution in [0.5, 0.6) is 0 Å². The van der Waals surface area contributed by atoms with Crippen molar-refractivity contribution in [3.8, 4) is 0 Å². The van der Waals surface area contributed by atoms with Crippen LogP contribution in [0.15, 0.2) is 0 Å². The van der Waals surface area contributed by atoms with Crippen LogP contribution in [-0.2, 0) is 0 Å². The van der Waals surface area contributed by atoms with Crippen molar-refractivity contribution in [2.24, 2.45) is 22.9 Å². The number of hydrogen-bond acceptors (Lipinski definition) is 4. The third-order valence-electron chi connectivity index (χ3n) is 1.49. The van der Waals surface area contributed by atoms with Crippen molar-refractivity contribution >= 4 is 0 Å². The number of unbranched alkanes of at least 4 members (excludes halogenated alkanes) is 1. The summed E-state index contributed by atoms with van der Waals surface area (Å²) < 4.78 is 0. The summed E-state index contributed by atoms with van der Waals surface area (Å²) >= 11 is 0. The molecule has 0 heterocycles. The summed E-state index contributed by atoms with van der Waals surface area (Å²) in [4.78, 5) is 0. The maximum atomic E-state index is 5.57. The first-order valence-electron chi connectivity index (χ1n) is 3.65. The summed E-state index contributed by atoms with van der Waals surface area (Å²) in [7, 11) is 0. The van der Waals surface area contributed by atoms with Crippen LogP contribution in [0.4, 0.5) is 0 Å². The molecule has 4 nitrogen and oxygen atoms in total. The van der Waals surface area contributed by atoms with Crippen LogP contribution < -0.4 is 22.9 Å². The fourth-order valence-corrected chi connectivity index (χ4v) is 0.717. The lowest BCUT2D eigenvalue weighted by atomic mass is 10.1. The molecule has 8 N–H and O–H groups in total. The second-order valence-corrected chi connectivity index (χ2v) is 2.53. The fourth-order valence-electron chi connectivity index (χ4n) is 0.717. The minimum Gasteiger partial charge on any atom is -0.330 e. The molecule has 1 unspecified atom stereocenters. The van der Waals surface area contributed by atoms with Gasteiger partial charge in [-0.15, -0.1) is 0 Å². The molecule has 0 aromatic rings. The van der Waals surface area contributed by atoms with E-state index in [9.17, 15) is 0 Å². The Balaban J connectivity index is 3.13. The molecule has 1 atom stereocenters. The zero-order valence-electron chi connectivity index (χ0n) is 6.29. The van der Waals surface area contributed by atoms with Gasteiger partial charge in [0.1, 0.15) is 0 Å². The minimum absolute atomic E-state index is 0.0773. The van der Waals surface area contributed by atoms with Gasteiger partial charge in [0, 0.05) is 6.04 Å². The van der Waals surface area contributed by atoms with Gasteiger partial charge in [-0.1, -0.05) is 6.42 Å². The highest BCUT2D eigenvalue weighted by Crippen LogP contribution is 1.97. The van der Waals surface area contributed by atoms with E-state index in [2.05, 4.69) is 0 Å². The van der Waals surface area contributed by atoms with Crippen LogP contribution in [0.3, 0.4) is 0 Å². The third-order valence-corrected chi connectivity index (χ3v) is 1.49. The molecule has 0 aliphatic heterocycles. The SMILES string of the molecule is NCCCCC(N)C(N)N. The molecule has 0 aromatic carbocycles. The molecule has 10 heavy (non-hydrogen) atoms. The molecule has 0 saturated heterocycles. The summed E-state index contributed by atoms with van der Waals surface area (Å²) in [6.07, 6.45) is 2.50. The average molecular weight is 146 g/mol. The average Bonchev–Trinajstić information content (AvgIpc) is 1.88. The van der Waals surface area contributed by atoms with E-state index in [0.717, 1.165) is 19.3 Å². The van der Waals surface area contributed by atoms with Gasteiger partial charge >= 0.3 is 0 Å². The molecule has 0 radical (unpaired) electrons. The Morgan fingerprint density at radius 3 is 2.00 bits per heavy atom. The molecule has 62 valence electrons. The Labute approximate surface area is 61.9 Å². The van der Waals surface area contributed by atoms with Gasteiger partial charge in [0.25, 0.3) is 0 Å². The molecule has 0 bridgehead atoms. The van der Waals surface area contributed by atoms with Gasteiger partial charge < -0.3 is 22.9 Å². The van der Waals surface area contributed by atoms with Crippen molar-refractivity contribution in [3.05, 3.63) is 0 Å². The summed E-state index contributed by atoms with van der Waals surface area (Å²) in [6.45, 7) is 0.715. The van der Waals surface area contributed by atoms with Crippen LogP contribution >= 0.6 is 0 Å². The van der Waals surface area contributed by atoms with E-state index >= 15 is 0 Å². The van der Waals surface area contributed by atoms with Gasteiger partial charge in [-0.2, -0.15) is 0 Å². The van der Waals surface area contributed by atoms with Crippen LogP contribution in [-0.4, -0.2) is 18.8 Å². The highest BCUT2D eigenvalue weighted by molar-refractivity contribution is 4.69. The van der Waals surface area contributed by atoms with E-state index in [4.69, 9.17) is 22.9 Å². The lowest BCUT2D eigenvalue weighted by molar-refractivity contribution is 0.485. The lowest BCUT2D eigenvalue weighted by Crippen LogP contribution is -2.47. The van der Waals surface area contributed by atoms with Crippen molar-refractivity contribution in [3.63, 3.8) is 0 Å². The number of nitrogens with two attached hydrogens (primary N) is 4. The first-order valence-corrected chi connectivity index (χ1v) is 3.65. The standard InChI is InChI=1S/C6H18N4/c7-4-2-1-3-5(8)6(9)10/h5-6H,1-4,7-10H2. The maximum Gasteiger partial charge on any atom is 0.0677 e. The van der Waals surface area contributed by atoms with Crippen LogP contribution in [0, 0.1) is 0 Å². The monoisotopic (exact) mass is 146 g/mol. The zero-order chi connectivity index (χ0) is 7.98. The normalized spacial score (nSPS) is 14.1. The summed E-state index contributed by atoms with van der Waals surface area (Å²) in [6, 6.07) is -0.0773. The second-order valence-electron chi connectivity index (χ2n) is 2.53. The number of rotatable bonds is 5.